The van der Waals surface area contributed by atoms with E-state index in [1.165, 1.54) is 11.8 Å². The zero-order valence-electron chi connectivity index (χ0n) is 5.15. The van der Waals surface area contributed by atoms with Gasteiger partial charge in [0.15, 0.2) is 5.78 Å². The van der Waals surface area contributed by atoms with Crippen molar-refractivity contribution in [1.82, 2.24) is 0 Å². The second kappa shape index (κ2) is 2.09. The first-order valence-electron chi connectivity index (χ1n) is 2.98. The van der Waals surface area contributed by atoms with E-state index >= 15 is 0 Å². The third-order valence-corrected chi connectivity index (χ3v) is 2.43. The van der Waals surface area contributed by atoms with Gasteiger partial charge in [0.05, 0.1) is 11.2 Å². The number of allylic oxidation sites excluding steroid dienone is 3. The topological polar surface area (TPSA) is 29.4 Å². The van der Waals surface area contributed by atoms with Crippen LogP contribution in [0.2, 0.25) is 0 Å². The molecule has 50 valence electrons. The molecule has 3 heteroatoms. The van der Waals surface area contributed by atoms with Gasteiger partial charge in [-0.15, -0.1) is 0 Å². The molecule has 0 radical (unpaired) electrons. The minimum absolute atomic E-state index is 0.0370. The number of carbonyl (C=O) groups excluding carboxylic acids is 1. The van der Waals surface area contributed by atoms with Crippen molar-refractivity contribution >= 4 is 23.1 Å². The van der Waals surface area contributed by atoms with Crippen molar-refractivity contribution in [2.24, 2.45) is 4.99 Å². The van der Waals surface area contributed by atoms with E-state index < -0.39 is 0 Å². The lowest BCUT2D eigenvalue weighted by Crippen LogP contribution is -2.15. The minimum Gasteiger partial charge on any atom is -0.293 e. The predicted octanol–water partition coefficient (Wildman–Crippen LogP) is 1.15. The second-order valence-corrected chi connectivity index (χ2v) is 3.06. The highest BCUT2D eigenvalue weighted by Gasteiger charge is 2.25. The average Bonchev–Trinajstić information content (AvgIpc) is 2.36. The van der Waals surface area contributed by atoms with Crippen molar-refractivity contribution < 1.29 is 4.79 Å². The number of carbonyl (C=O) groups is 1. The van der Waals surface area contributed by atoms with Crippen LogP contribution in [0.1, 0.15) is 0 Å². The van der Waals surface area contributed by atoms with E-state index in [-0.39, 0.29) is 11.0 Å². The van der Waals surface area contributed by atoms with Gasteiger partial charge < -0.3 is 0 Å². The average molecular weight is 151 g/mol. The molecule has 0 saturated carbocycles. The van der Waals surface area contributed by atoms with Crippen LogP contribution in [-0.2, 0) is 4.79 Å². The monoisotopic (exact) mass is 151 g/mol. The van der Waals surface area contributed by atoms with Crippen LogP contribution in [-0.4, -0.2) is 16.6 Å². The summed E-state index contributed by atoms with van der Waals surface area (Å²) in [6.45, 7) is 0. The van der Waals surface area contributed by atoms with Crippen molar-refractivity contribution in [3.63, 3.8) is 0 Å². The molecule has 0 saturated heterocycles. The molecule has 2 aliphatic rings. The molecule has 10 heavy (non-hydrogen) atoms. The minimum atomic E-state index is -0.0370. The number of ketones is 1. The zero-order chi connectivity index (χ0) is 6.97. The molecule has 0 amide bonds. The summed E-state index contributed by atoms with van der Waals surface area (Å²) in [5, 5.41) is -0.0370. The molecule has 1 atom stereocenters. The number of fused-ring (bicyclic) bond motifs is 1. The smallest absolute Gasteiger partial charge is 0.175 e. The van der Waals surface area contributed by atoms with Crippen LogP contribution in [0.4, 0.5) is 0 Å². The Morgan fingerprint density at radius 1 is 1.60 bits per heavy atom. The maximum Gasteiger partial charge on any atom is 0.175 e. The lowest BCUT2D eigenvalue weighted by Gasteiger charge is -2.07. The van der Waals surface area contributed by atoms with Crippen LogP contribution in [0, 0.1) is 0 Å². The third-order valence-electron chi connectivity index (χ3n) is 1.45. The summed E-state index contributed by atoms with van der Waals surface area (Å²) in [6, 6.07) is 0. The molecule has 1 heterocycles. The molecule has 1 aliphatic heterocycles. The first-order chi connectivity index (χ1) is 4.88. The Kier molecular flexibility index (Phi) is 1.24. The summed E-state index contributed by atoms with van der Waals surface area (Å²) in [6.07, 6.45) is 5.22. The van der Waals surface area contributed by atoms with Gasteiger partial charge in [-0.3, -0.25) is 9.79 Å². The number of rotatable bonds is 0. The highest BCUT2D eigenvalue weighted by molar-refractivity contribution is 8.13. The summed E-state index contributed by atoms with van der Waals surface area (Å²) >= 11 is 1.47. The van der Waals surface area contributed by atoms with E-state index in [4.69, 9.17) is 0 Å². The van der Waals surface area contributed by atoms with Crippen LogP contribution >= 0.6 is 11.8 Å². The number of nitrogens with zero attached hydrogens (tertiary/aromatic N) is 1. The molecule has 2 rings (SSSR count). The number of hydrogen-bond donors (Lipinski definition) is 0. The molecule has 0 aromatic carbocycles. The highest BCUT2D eigenvalue weighted by Crippen LogP contribution is 2.28. The fraction of sp³-hybridized carbons (Fsp3) is 0.143. The maximum atomic E-state index is 11.0. The predicted molar refractivity (Wildman–Crippen MR) is 42.1 cm³/mol. The van der Waals surface area contributed by atoms with Gasteiger partial charge in [-0.25, -0.2) is 0 Å². The van der Waals surface area contributed by atoms with E-state index in [1.807, 2.05) is 6.08 Å². The molecule has 0 aromatic heterocycles. The van der Waals surface area contributed by atoms with Gasteiger partial charge in [0.25, 0.3) is 0 Å². The Morgan fingerprint density at radius 2 is 2.50 bits per heavy atom. The first kappa shape index (κ1) is 5.92. The van der Waals surface area contributed by atoms with Gasteiger partial charge in [0.1, 0.15) is 5.25 Å². The fourth-order valence-electron chi connectivity index (χ4n) is 0.962. The largest absolute Gasteiger partial charge is 0.293 e. The molecule has 0 bridgehead atoms. The van der Waals surface area contributed by atoms with Crippen molar-refractivity contribution in [2.45, 2.75) is 5.25 Å². The summed E-state index contributed by atoms with van der Waals surface area (Å²) in [7, 11) is 0. The van der Waals surface area contributed by atoms with Gasteiger partial charge in [0.2, 0.25) is 0 Å². The van der Waals surface area contributed by atoms with Gasteiger partial charge in [-0.1, -0.05) is 17.8 Å². The molecule has 2 nitrogen and oxygen atoms in total. The zero-order valence-corrected chi connectivity index (χ0v) is 5.97. The third kappa shape index (κ3) is 0.743. The van der Waals surface area contributed by atoms with Crippen molar-refractivity contribution in [3.8, 4) is 0 Å². The molecular weight excluding hydrogens is 146 g/mol. The van der Waals surface area contributed by atoms with Gasteiger partial charge in [-0.2, -0.15) is 0 Å². The first-order valence-corrected chi connectivity index (χ1v) is 3.92. The maximum absolute atomic E-state index is 11.0. The van der Waals surface area contributed by atoms with Crippen molar-refractivity contribution in [2.75, 3.05) is 0 Å². The van der Waals surface area contributed by atoms with E-state index in [0.717, 1.165) is 5.70 Å². The molecule has 0 N–H and O–H groups in total. The molecule has 0 fully saturated rings. The van der Waals surface area contributed by atoms with Crippen LogP contribution in [0.3, 0.4) is 0 Å². The number of aliphatic imine (C=N–C) groups is 1. The van der Waals surface area contributed by atoms with Crippen LogP contribution in [0.25, 0.3) is 0 Å². The summed E-state index contributed by atoms with van der Waals surface area (Å²) in [5.74, 6) is 0.153. The Bertz CT molecular complexity index is 265. The SMILES string of the molecule is O=C1C=CC=C2N=CSC12. The number of thioether (sulfide) groups is 1. The Morgan fingerprint density at radius 3 is 3.30 bits per heavy atom. The van der Waals surface area contributed by atoms with Crippen LogP contribution < -0.4 is 0 Å². The van der Waals surface area contributed by atoms with E-state index in [0.29, 0.717) is 0 Å². The van der Waals surface area contributed by atoms with Crippen molar-refractivity contribution in [1.29, 1.82) is 0 Å². The standard InChI is InChI=1S/C7H5NOS/c9-6-3-1-2-5-7(6)10-4-8-5/h1-4,7H. The summed E-state index contributed by atoms with van der Waals surface area (Å²) in [4.78, 5) is 15.1. The fourth-order valence-corrected chi connectivity index (χ4v) is 1.76. The van der Waals surface area contributed by atoms with Crippen LogP contribution in [0.5, 0.6) is 0 Å². The van der Waals surface area contributed by atoms with Crippen LogP contribution in [0.15, 0.2) is 28.9 Å². The molecule has 0 spiro atoms. The van der Waals surface area contributed by atoms with E-state index in [2.05, 4.69) is 4.99 Å². The molecule has 1 aliphatic carbocycles. The lowest BCUT2D eigenvalue weighted by molar-refractivity contribution is -0.113. The van der Waals surface area contributed by atoms with Gasteiger partial charge in [-0.05, 0) is 12.2 Å². The highest BCUT2D eigenvalue weighted by atomic mass is 32.2. The number of hydrogen-bond acceptors (Lipinski definition) is 3. The van der Waals surface area contributed by atoms with E-state index in [9.17, 15) is 4.79 Å². The molecule has 1 unspecified atom stereocenters. The lowest BCUT2D eigenvalue weighted by atomic mass is 10.1. The van der Waals surface area contributed by atoms with Gasteiger partial charge >= 0.3 is 0 Å². The molecule has 0 aromatic rings. The Labute approximate surface area is 62.7 Å². The normalized spacial score (nSPS) is 28.6. The second-order valence-electron chi connectivity index (χ2n) is 2.10. The van der Waals surface area contributed by atoms with Crippen molar-refractivity contribution in [3.05, 3.63) is 23.9 Å². The Hall–Kier alpha value is -0.830. The summed E-state index contributed by atoms with van der Waals surface area (Å²) in [5.41, 5.74) is 2.61. The Balaban J connectivity index is 2.40. The molecular formula is C7H5NOS. The van der Waals surface area contributed by atoms with Gasteiger partial charge in [0, 0.05) is 0 Å². The summed E-state index contributed by atoms with van der Waals surface area (Å²) < 4.78 is 0. The quantitative estimate of drug-likeness (QED) is 0.519. The van der Waals surface area contributed by atoms with E-state index in [1.54, 1.807) is 17.7 Å².